The third-order valence-corrected chi connectivity index (χ3v) is 2.55. The molecule has 0 bridgehead atoms. The molecule has 3 aromatic heterocycles. The zero-order valence-corrected chi connectivity index (χ0v) is 9.20. The normalized spacial score (nSPS) is 10.9. The van der Waals surface area contributed by atoms with Gasteiger partial charge in [-0.3, -0.25) is 4.79 Å². The first-order chi connectivity index (χ1) is 8.66. The molecule has 18 heavy (non-hydrogen) atoms. The van der Waals surface area contributed by atoms with Crippen LogP contribution >= 0.6 is 0 Å². The monoisotopic (exact) mass is 243 g/mol. The van der Waals surface area contributed by atoms with E-state index in [0.29, 0.717) is 11.4 Å². The van der Waals surface area contributed by atoms with E-state index in [0.717, 1.165) is 5.39 Å². The maximum absolute atomic E-state index is 11.1. The average molecular weight is 243 g/mol. The smallest absolute Gasteiger partial charge is 0.271 e. The van der Waals surface area contributed by atoms with Gasteiger partial charge in [-0.25, -0.2) is 9.67 Å². The van der Waals surface area contributed by atoms with Gasteiger partial charge in [0.25, 0.3) is 5.91 Å². The van der Waals surface area contributed by atoms with Crippen molar-refractivity contribution < 1.29 is 9.21 Å². The molecule has 0 aliphatic rings. The van der Waals surface area contributed by atoms with Crippen LogP contribution in [-0.4, -0.2) is 20.7 Å². The van der Waals surface area contributed by atoms with Gasteiger partial charge in [0.2, 0.25) is 0 Å². The topological polar surface area (TPSA) is 113 Å². The molecule has 0 saturated heterocycles. The summed E-state index contributed by atoms with van der Waals surface area (Å²) in [6.45, 7) is 0. The second kappa shape index (κ2) is 3.59. The predicted molar refractivity (Wildman–Crippen MR) is 64.1 cm³/mol. The van der Waals surface area contributed by atoms with Crippen LogP contribution in [0.15, 0.2) is 35.2 Å². The lowest BCUT2D eigenvalue weighted by molar-refractivity contribution is 0.0996. The Morgan fingerprint density at radius 3 is 2.94 bits per heavy atom. The first-order valence-electron chi connectivity index (χ1n) is 5.14. The molecule has 3 aromatic rings. The van der Waals surface area contributed by atoms with E-state index in [1.54, 1.807) is 24.6 Å². The fraction of sp³-hybridized carbons (Fsp3) is 0. The molecule has 0 aromatic carbocycles. The standard InChI is InChI=1S/C11H9N5O2/c12-7-5-16(15-9(7)10(13)17)11-6-2-4-18-8(6)1-3-14-11/h1-5H,12H2,(H2,13,17). The molecule has 90 valence electrons. The van der Waals surface area contributed by atoms with Crippen molar-refractivity contribution in [2.75, 3.05) is 5.73 Å². The fourth-order valence-corrected chi connectivity index (χ4v) is 1.75. The molecule has 0 aliphatic carbocycles. The van der Waals surface area contributed by atoms with Gasteiger partial charge >= 0.3 is 0 Å². The second-order valence-corrected chi connectivity index (χ2v) is 3.71. The van der Waals surface area contributed by atoms with Crippen molar-refractivity contribution in [2.45, 2.75) is 0 Å². The Hall–Kier alpha value is -2.83. The number of pyridine rings is 1. The van der Waals surface area contributed by atoms with Crippen LogP contribution in [0.5, 0.6) is 0 Å². The summed E-state index contributed by atoms with van der Waals surface area (Å²) in [7, 11) is 0. The summed E-state index contributed by atoms with van der Waals surface area (Å²) in [5.41, 5.74) is 11.7. The number of nitrogen functional groups attached to an aromatic ring is 1. The number of carbonyl (C=O) groups excluding carboxylic acids is 1. The summed E-state index contributed by atoms with van der Waals surface area (Å²) in [5, 5.41) is 4.80. The molecular formula is C11H9N5O2. The van der Waals surface area contributed by atoms with Crippen molar-refractivity contribution in [1.82, 2.24) is 14.8 Å². The number of hydrogen-bond donors (Lipinski definition) is 2. The molecule has 1 amide bonds. The molecule has 3 heterocycles. The number of amides is 1. The van der Waals surface area contributed by atoms with Gasteiger partial charge in [-0.05, 0) is 12.1 Å². The minimum atomic E-state index is -0.675. The van der Waals surface area contributed by atoms with Gasteiger partial charge in [0.15, 0.2) is 11.5 Å². The molecule has 0 radical (unpaired) electrons. The van der Waals surface area contributed by atoms with Gasteiger partial charge in [0.05, 0.1) is 23.5 Å². The molecule has 0 saturated carbocycles. The summed E-state index contributed by atoms with van der Waals surface area (Å²) in [6, 6.07) is 3.50. The van der Waals surface area contributed by atoms with Gasteiger partial charge in [-0.1, -0.05) is 0 Å². The van der Waals surface area contributed by atoms with Gasteiger partial charge in [0.1, 0.15) is 5.58 Å². The van der Waals surface area contributed by atoms with Crippen molar-refractivity contribution >= 4 is 22.6 Å². The van der Waals surface area contributed by atoms with E-state index in [1.165, 1.54) is 10.9 Å². The second-order valence-electron chi connectivity index (χ2n) is 3.71. The lowest BCUT2D eigenvalue weighted by atomic mass is 10.3. The minimum absolute atomic E-state index is 0.0253. The van der Waals surface area contributed by atoms with Gasteiger partial charge in [-0.2, -0.15) is 5.10 Å². The van der Waals surface area contributed by atoms with E-state index in [9.17, 15) is 4.79 Å². The number of nitrogens with zero attached hydrogens (tertiary/aromatic N) is 3. The lowest BCUT2D eigenvalue weighted by Gasteiger charge is -2.00. The first kappa shape index (κ1) is 10.3. The number of nitrogens with two attached hydrogens (primary N) is 2. The number of anilines is 1. The predicted octanol–water partition coefficient (Wildman–Crippen LogP) is 0.695. The summed E-state index contributed by atoms with van der Waals surface area (Å²) < 4.78 is 6.67. The highest BCUT2D eigenvalue weighted by Gasteiger charge is 2.14. The Labute approximate surface area is 101 Å². The molecule has 0 unspecified atom stereocenters. The fourth-order valence-electron chi connectivity index (χ4n) is 1.75. The van der Waals surface area contributed by atoms with Crippen LogP contribution in [0.1, 0.15) is 10.5 Å². The molecule has 7 nitrogen and oxygen atoms in total. The number of furan rings is 1. The molecule has 0 atom stereocenters. The SMILES string of the molecule is NC(=O)c1nn(-c2nccc3occc23)cc1N. The molecule has 7 heteroatoms. The van der Waals surface area contributed by atoms with Crippen molar-refractivity contribution in [3.8, 4) is 5.82 Å². The zero-order chi connectivity index (χ0) is 12.7. The van der Waals surface area contributed by atoms with Gasteiger partial charge in [-0.15, -0.1) is 0 Å². The van der Waals surface area contributed by atoms with Crippen molar-refractivity contribution in [1.29, 1.82) is 0 Å². The molecule has 3 rings (SSSR count). The van der Waals surface area contributed by atoms with Crippen LogP contribution < -0.4 is 11.5 Å². The molecule has 4 N–H and O–H groups in total. The van der Waals surface area contributed by atoms with Crippen molar-refractivity contribution in [3.05, 3.63) is 36.5 Å². The van der Waals surface area contributed by atoms with E-state index in [4.69, 9.17) is 15.9 Å². The summed E-state index contributed by atoms with van der Waals surface area (Å²) in [4.78, 5) is 15.3. The lowest BCUT2D eigenvalue weighted by Crippen LogP contribution is -2.14. The summed E-state index contributed by atoms with van der Waals surface area (Å²) in [5.74, 6) is -0.147. The van der Waals surface area contributed by atoms with Crippen LogP contribution in [0.3, 0.4) is 0 Å². The van der Waals surface area contributed by atoms with Gasteiger partial charge < -0.3 is 15.9 Å². The summed E-state index contributed by atoms with van der Waals surface area (Å²) in [6.07, 6.45) is 4.63. The summed E-state index contributed by atoms with van der Waals surface area (Å²) >= 11 is 0. The van der Waals surface area contributed by atoms with E-state index in [-0.39, 0.29) is 11.4 Å². The van der Waals surface area contributed by atoms with Crippen molar-refractivity contribution in [2.24, 2.45) is 5.73 Å². The van der Waals surface area contributed by atoms with E-state index >= 15 is 0 Å². The Balaban J connectivity index is 2.23. The minimum Gasteiger partial charge on any atom is -0.464 e. The van der Waals surface area contributed by atoms with Gasteiger partial charge in [0, 0.05) is 6.20 Å². The Bertz CT molecular complexity index is 743. The van der Waals surface area contributed by atoms with Crippen LogP contribution in [0.2, 0.25) is 0 Å². The van der Waals surface area contributed by atoms with E-state index < -0.39 is 5.91 Å². The third-order valence-electron chi connectivity index (χ3n) is 2.55. The maximum Gasteiger partial charge on any atom is 0.271 e. The highest BCUT2D eigenvalue weighted by molar-refractivity contribution is 5.96. The number of fused-ring (bicyclic) bond motifs is 1. The van der Waals surface area contributed by atoms with Crippen LogP contribution in [0.25, 0.3) is 16.8 Å². The number of rotatable bonds is 2. The van der Waals surface area contributed by atoms with E-state index in [1.807, 2.05) is 0 Å². The number of hydrogen-bond acceptors (Lipinski definition) is 5. The Kier molecular flexibility index (Phi) is 2.06. The average Bonchev–Trinajstić information content (AvgIpc) is 2.94. The van der Waals surface area contributed by atoms with E-state index in [2.05, 4.69) is 10.1 Å². The zero-order valence-electron chi connectivity index (χ0n) is 9.20. The molecule has 0 fully saturated rings. The third kappa shape index (κ3) is 1.41. The Morgan fingerprint density at radius 2 is 2.22 bits per heavy atom. The quantitative estimate of drug-likeness (QED) is 0.687. The molecule has 0 spiro atoms. The van der Waals surface area contributed by atoms with Crippen LogP contribution in [-0.2, 0) is 0 Å². The van der Waals surface area contributed by atoms with Crippen LogP contribution in [0, 0.1) is 0 Å². The largest absolute Gasteiger partial charge is 0.464 e. The number of carbonyl (C=O) groups is 1. The Morgan fingerprint density at radius 1 is 1.39 bits per heavy atom. The highest BCUT2D eigenvalue weighted by Crippen LogP contribution is 2.22. The first-order valence-corrected chi connectivity index (χ1v) is 5.14. The van der Waals surface area contributed by atoms with Crippen molar-refractivity contribution in [3.63, 3.8) is 0 Å². The molecular weight excluding hydrogens is 234 g/mol. The highest BCUT2D eigenvalue weighted by atomic mass is 16.3. The molecule has 0 aliphatic heterocycles. The number of aromatic nitrogens is 3. The maximum atomic E-state index is 11.1. The number of primary amides is 1. The van der Waals surface area contributed by atoms with Crippen LogP contribution in [0.4, 0.5) is 5.69 Å².